The normalized spacial score (nSPS) is 12.1. The third kappa shape index (κ3) is 3.22. The Morgan fingerprint density at radius 2 is 0.705 bits per heavy atom. The molecule has 0 atom stereocenters. The number of hydrogen-bond donors (Lipinski definition) is 0. The molecule has 0 unspecified atom stereocenters. The van der Waals surface area contributed by atoms with E-state index in [4.69, 9.17) is 19.9 Å². The van der Waals surface area contributed by atoms with Crippen LogP contribution in [0.25, 0.3) is 99.4 Å². The second kappa shape index (κ2) is 8.76. The van der Waals surface area contributed by atoms with Crippen LogP contribution in [0, 0.1) is 0 Å². The first-order chi connectivity index (χ1) is 21.8. The van der Waals surface area contributed by atoms with Gasteiger partial charge >= 0.3 is 0 Å². The third-order valence-electron chi connectivity index (χ3n) is 9.01. The van der Waals surface area contributed by atoms with Crippen LogP contribution < -0.4 is 0 Å². The number of hydrogen-bond acceptors (Lipinski definition) is 4. The van der Waals surface area contributed by atoms with Gasteiger partial charge in [0.15, 0.2) is 17.3 Å². The standard InChI is InChI=1S/C40H22N4/c1-3-13-25-23(11-1)21-33(29-17-7-5-15-27(25)29)38-41-36-31-19-9-10-20-32(31)37-35(36)40(43-38)44-39(42-37)34-22-24-12-2-4-14-26(24)28-16-6-8-18-30(28)34/h1-22H. The lowest BCUT2D eigenvalue weighted by Gasteiger charge is -2.13. The van der Waals surface area contributed by atoms with Crippen molar-refractivity contribution in [1.29, 1.82) is 0 Å². The van der Waals surface area contributed by atoms with E-state index in [2.05, 4.69) is 133 Å². The van der Waals surface area contributed by atoms with Gasteiger partial charge in [-0.15, -0.1) is 0 Å². The minimum Gasteiger partial charge on any atom is -0.227 e. The van der Waals surface area contributed by atoms with E-state index in [-0.39, 0.29) is 0 Å². The van der Waals surface area contributed by atoms with Gasteiger partial charge in [0.05, 0.1) is 16.8 Å². The predicted molar refractivity (Wildman–Crippen MR) is 180 cm³/mol. The highest BCUT2D eigenvalue weighted by Gasteiger charge is 2.28. The van der Waals surface area contributed by atoms with Gasteiger partial charge in [0.25, 0.3) is 0 Å². The van der Waals surface area contributed by atoms with Gasteiger partial charge < -0.3 is 0 Å². The molecule has 202 valence electrons. The number of fused-ring (bicyclic) bond motifs is 9. The van der Waals surface area contributed by atoms with Crippen LogP contribution in [0.2, 0.25) is 0 Å². The first kappa shape index (κ1) is 23.6. The highest BCUT2D eigenvalue weighted by Crippen LogP contribution is 2.47. The van der Waals surface area contributed by atoms with Crippen molar-refractivity contribution < 1.29 is 0 Å². The number of benzene rings is 7. The van der Waals surface area contributed by atoms with E-state index in [0.29, 0.717) is 17.3 Å². The Morgan fingerprint density at radius 1 is 0.318 bits per heavy atom. The molecule has 9 aromatic rings. The first-order valence-corrected chi connectivity index (χ1v) is 14.8. The quantitative estimate of drug-likeness (QED) is 0.198. The van der Waals surface area contributed by atoms with Crippen LogP contribution in [0.5, 0.6) is 0 Å². The van der Waals surface area contributed by atoms with Crippen LogP contribution in [-0.4, -0.2) is 19.9 Å². The summed E-state index contributed by atoms with van der Waals surface area (Å²) in [5, 5.41) is 10.3. The molecule has 0 aliphatic heterocycles. The second-order valence-corrected chi connectivity index (χ2v) is 11.4. The molecule has 0 saturated heterocycles. The Kier molecular flexibility index (Phi) is 4.69. The number of rotatable bonds is 2. The Labute approximate surface area is 252 Å². The van der Waals surface area contributed by atoms with E-state index >= 15 is 0 Å². The van der Waals surface area contributed by atoms with E-state index in [9.17, 15) is 0 Å². The van der Waals surface area contributed by atoms with Crippen molar-refractivity contribution in [2.24, 2.45) is 0 Å². The third-order valence-corrected chi connectivity index (χ3v) is 9.01. The summed E-state index contributed by atoms with van der Waals surface area (Å²) < 4.78 is 0. The molecular weight excluding hydrogens is 536 g/mol. The zero-order chi connectivity index (χ0) is 28.8. The van der Waals surface area contributed by atoms with Gasteiger partial charge in [0.1, 0.15) is 0 Å². The molecule has 4 heteroatoms. The summed E-state index contributed by atoms with van der Waals surface area (Å²) in [6, 6.07) is 46.9. The summed E-state index contributed by atoms with van der Waals surface area (Å²) in [4.78, 5) is 20.9. The molecule has 0 bridgehead atoms. The van der Waals surface area contributed by atoms with Gasteiger partial charge in [-0.2, -0.15) is 0 Å². The van der Waals surface area contributed by atoms with Crippen molar-refractivity contribution in [3.8, 4) is 45.3 Å². The van der Waals surface area contributed by atoms with Crippen LogP contribution in [-0.2, 0) is 0 Å². The highest BCUT2D eigenvalue weighted by molar-refractivity contribution is 6.16. The summed E-state index contributed by atoms with van der Waals surface area (Å²) in [5.41, 5.74) is 6.58. The lowest BCUT2D eigenvalue weighted by Crippen LogP contribution is -1.99. The molecule has 0 fully saturated rings. The number of aromatic nitrogens is 4. The molecule has 1 aliphatic rings. The molecule has 10 rings (SSSR count). The lowest BCUT2D eigenvalue weighted by atomic mass is 9.96. The van der Waals surface area contributed by atoms with Crippen molar-refractivity contribution in [3.63, 3.8) is 0 Å². The van der Waals surface area contributed by atoms with Crippen molar-refractivity contribution >= 4 is 54.1 Å². The number of nitrogens with zero attached hydrogens (tertiary/aromatic N) is 4. The molecular formula is C40H22N4. The average molecular weight is 559 g/mol. The van der Waals surface area contributed by atoms with Crippen LogP contribution >= 0.6 is 0 Å². The summed E-state index contributed by atoms with van der Waals surface area (Å²) >= 11 is 0. The summed E-state index contributed by atoms with van der Waals surface area (Å²) in [7, 11) is 0. The molecule has 0 amide bonds. The Bertz CT molecular complexity index is 2490. The molecule has 44 heavy (non-hydrogen) atoms. The van der Waals surface area contributed by atoms with E-state index in [0.717, 1.165) is 60.6 Å². The summed E-state index contributed by atoms with van der Waals surface area (Å²) in [6.07, 6.45) is 0. The minimum atomic E-state index is 0.663. The SMILES string of the molecule is c1ccc2c(c1)-c1nc(-c3cc4ccccc4c4ccccc34)nc3nc(-c4cc5ccccc5c5ccccc45)nc-2c13. The van der Waals surface area contributed by atoms with Crippen molar-refractivity contribution in [1.82, 2.24) is 19.9 Å². The van der Waals surface area contributed by atoms with Crippen LogP contribution in [0.15, 0.2) is 133 Å². The maximum absolute atomic E-state index is 5.24. The summed E-state index contributed by atoms with van der Waals surface area (Å²) in [5.74, 6) is 1.34. The predicted octanol–water partition coefficient (Wildman–Crippen LogP) is 10.0. The maximum atomic E-state index is 5.24. The maximum Gasteiger partial charge on any atom is 0.168 e. The topological polar surface area (TPSA) is 51.6 Å². The summed E-state index contributed by atoms with van der Waals surface area (Å²) in [6.45, 7) is 0. The Hall–Kier alpha value is -6.00. The zero-order valence-corrected chi connectivity index (χ0v) is 23.5. The van der Waals surface area contributed by atoms with Gasteiger partial charge in [0.2, 0.25) is 0 Å². The molecule has 2 heterocycles. The Balaban J connectivity index is 1.32. The van der Waals surface area contributed by atoms with E-state index < -0.39 is 0 Å². The van der Waals surface area contributed by atoms with Gasteiger partial charge in [-0.1, -0.05) is 121 Å². The molecule has 4 nitrogen and oxygen atoms in total. The van der Waals surface area contributed by atoms with Crippen LogP contribution in [0.4, 0.5) is 0 Å². The molecule has 1 aliphatic carbocycles. The lowest BCUT2D eigenvalue weighted by molar-refractivity contribution is 1.17. The van der Waals surface area contributed by atoms with E-state index in [1.54, 1.807) is 0 Å². The van der Waals surface area contributed by atoms with Crippen molar-refractivity contribution in [2.45, 2.75) is 0 Å². The smallest absolute Gasteiger partial charge is 0.168 e. The second-order valence-electron chi connectivity index (χ2n) is 11.4. The highest BCUT2D eigenvalue weighted by atomic mass is 15.0. The minimum absolute atomic E-state index is 0.663. The zero-order valence-electron chi connectivity index (χ0n) is 23.5. The van der Waals surface area contributed by atoms with Crippen molar-refractivity contribution in [2.75, 3.05) is 0 Å². The molecule has 7 aromatic carbocycles. The monoisotopic (exact) mass is 558 g/mol. The van der Waals surface area contributed by atoms with Gasteiger partial charge in [-0.3, -0.25) is 0 Å². The van der Waals surface area contributed by atoms with Gasteiger partial charge in [0, 0.05) is 22.3 Å². The average Bonchev–Trinajstić information content (AvgIpc) is 3.41. The molecule has 2 aromatic heterocycles. The van der Waals surface area contributed by atoms with Gasteiger partial charge in [-0.05, 0) is 55.2 Å². The van der Waals surface area contributed by atoms with Gasteiger partial charge in [-0.25, -0.2) is 19.9 Å². The molecule has 0 saturated carbocycles. The van der Waals surface area contributed by atoms with Crippen molar-refractivity contribution in [3.05, 3.63) is 133 Å². The molecule has 0 radical (unpaired) electrons. The molecule has 0 spiro atoms. The van der Waals surface area contributed by atoms with Crippen LogP contribution in [0.1, 0.15) is 0 Å². The Morgan fingerprint density at radius 3 is 1.18 bits per heavy atom. The fourth-order valence-corrected chi connectivity index (χ4v) is 7.04. The fraction of sp³-hybridized carbons (Fsp3) is 0. The van der Waals surface area contributed by atoms with Crippen LogP contribution in [0.3, 0.4) is 0 Å². The van der Waals surface area contributed by atoms with E-state index in [1.165, 1.54) is 21.5 Å². The van der Waals surface area contributed by atoms with E-state index in [1.807, 2.05) is 0 Å². The first-order valence-electron chi connectivity index (χ1n) is 14.8. The fourth-order valence-electron chi connectivity index (χ4n) is 7.04. The molecule has 0 N–H and O–H groups in total. The largest absolute Gasteiger partial charge is 0.227 e.